The Morgan fingerprint density at radius 2 is 1.97 bits per heavy atom. The maximum atomic E-state index is 13.1. The van der Waals surface area contributed by atoms with Crippen molar-refractivity contribution in [2.24, 2.45) is 0 Å². The molecule has 2 heterocycles. The van der Waals surface area contributed by atoms with E-state index in [2.05, 4.69) is 24.1 Å². The van der Waals surface area contributed by atoms with Gasteiger partial charge in [-0.05, 0) is 54.7 Å². The predicted molar refractivity (Wildman–Crippen MR) is 118 cm³/mol. The van der Waals surface area contributed by atoms with Crippen molar-refractivity contribution in [3.8, 4) is 0 Å². The molecular formula is C23H29N3O4. The van der Waals surface area contributed by atoms with E-state index in [0.29, 0.717) is 17.9 Å². The van der Waals surface area contributed by atoms with E-state index in [-0.39, 0.29) is 11.1 Å². The van der Waals surface area contributed by atoms with Gasteiger partial charge in [0.2, 0.25) is 0 Å². The lowest BCUT2D eigenvalue weighted by molar-refractivity contribution is -0.131. The lowest BCUT2D eigenvalue weighted by Gasteiger charge is -2.18. The van der Waals surface area contributed by atoms with Gasteiger partial charge in [-0.1, -0.05) is 33.6 Å². The third-order valence-electron chi connectivity index (χ3n) is 4.78. The van der Waals surface area contributed by atoms with E-state index in [1.807, 2.05) is 6.92 Å². The van der Waals surface area contributed by atoms with Gasteiger partial charge in [0, 0.05) is 24.5 Å². The van der Waals surface area contributed by atoms with E-state index in [1.165, 1.54) is 12.3 Å². The van der Waals surface area contributed by atoms with Crippen molar-refractivity contribution in [2.45, 2.75) is 59.4 Å². The molecule has 0 spiro atoms. The maximum Gasteiger partial charge on any atom is 0.328 e. The Morgan fingerprint density at radius 3 is 2.53 bits per heavy atom. The van der Waals surface area contributed by atoms with Gasteiger partial charge in [-0.25, -0.2) is 9.78 Å². The van der Waals surface area contributed by atoms with Crippen LogP contribution in [0.2, 0.25) is 0 Å². The van der Waals surface area contributed by atoms with E-state index in [0.717, 1.165) is 49.4 Å². The lowest BCUT2D eigenvalue weighted by atomic mass is 10.0. The first kappa shape index (κ1) is 23.1. The molecule has 0 radical (unpaired) electrons. The average molecular weight is 412 g/mol. The van der Waals surface area contributed by atoms with Crippen molar-refractivity contribution in [2.75, 3.05) is 5.32 Å². The van der Waals surface area contributed by atoms with E-state index in [1.54, 1.807) is 22.8 Å². The van der Waals surface area contributed by atoms with Crippen molar-refractivity contribution in [3.05, 3.63) is 63.2 Å². The minimum absolute atomic E-state index is 0.111. The van der Waals surface area contributed by atoms with Crippen LogP contribution in [0.15, 0.2) is 35.3 Å². The molecule has 7 nitrogen and oxygen atoms in total. The highest BCUT2D eigenvalue weighted by Gasteiger charge is 2.18. The van der Waals surface area contributed by atoms with Crippen LogP contribution in [0.1, 0.15) is 67.2 Å². The van der Waals surface area contributed by atoms with Gasteiger partial charge in [-0.3, -0.25) is 9.59 Å². The number of rotatable bonds is 10. The SMILES string of the molecule is CCCCn1c(CCC)c(CC)cc(C(=O)Nc2ccc(C=CC(=O)O)cn2)c1=O. The number of carbonyl (C=O) groups is 2. The number of carboxylic acid groups (broad SMARTS) is 1. The lowest BCUT2D eigenvalue weighted by Crippen LogP contribution is -2.32. The second-order valence-electron chi connectivity index (χ2n) is 7.05. The second-order valence-corrected chi connectivity index (χ2v) is 7.05. The Bertz CT molecular complexity index is 975. The van der Waals surface area contributed by atoms with Crippen LogP contribution < -0.4 is 10.9 Å². The third kappa shape index (κ3) is 5.89. The number of hydrogen-bond acceptors (Lipinski definition) is 4. The second kappa shape index (κ2) is 11.1. The van der Waals surface area contributed by atoms with Crippen molar-refractivity contribution >= 4 is 23.8 Å². The standard InChI is InChI=1S/C23H29N3O4/c1-4-7-13-26-19(8-5-2)17(6-3)14-18(23(26)30)22(29)25-20-11-9-16(15-24-20)10-12-21(27)28/h9-12,14-15H,4-8,13H2,1-3H3,(H,27,28)(H,24,25,29). The third-order valence-corrected chi connectivity index (χ3v) is 4.78. The van der Waals surface area contributed by atoms with Gasteiger partial charge in [0.15, 0.2) is 0 Å². The van der Waals surface area contributed by atoms with E-state index < -0.39 is 11.9 Å². The van der Waals surface area contributed by atoms with Crippen molar-refractivity contribution < 1.29 is 14.7 Å². The highest BCUT2D eigenvalue weighted by molar-refractivity contribution is 6.03. The monoisotopic (exact) mass is 411 g/mol. The quantitative estimate of drug-likeness (QED) is 0.577. The van der Waals surface area contributed by atoms with Crippen LogP contribution in [0.5, 0.6) is 0 Å². The van der Waals surface area contributed by atoms with Crippen LogP contribution in [-0.4, -0.2) is 26.5 Å². The fraction of sp³-hybridized carbons (Fsp3) is 0.391. The number of carboxylic acids is 1. The van der Waals surface area contributed by atoms with Gasteiger partial charge in [-0.15, -0.1) is 0 Å². The topological polar surface area (TPSA) is 101 Å². The Hall–Kier alpha value is -3.22. The molecule has 0 fully saturated rings. The number of anilines is 1. The molecule has 0 bridgehead atoms. The Kier molecular flexibility index (Phi) is 8.53. The summed E-state index contributed by atoms with van der Waals surface area (Å²) in [5.41, 5.74) is 2.46. The summed E-state index contributed by atoms with van der Waals surface area (Å²) in [7, 11) is 0. The molecule has 7 heteroatoms. The molecule has 0 aromatic carbocycles. The summed E-state index contributed by atoms with van der Waals surface area (Å²) in [5, 5.41) is 11.4. The number of pyridine rings is 2. The molecule has 2 rings (SSSR count). The molecule has 2 N–H and O–H groups in total. The number of aryl methyl sites for hydroxylation is 1. The first-order valence-electron chi connectivity index (χ1n) is 10.3. The van der Waals surface area contributed by atoms with Crippen LogP contribution in [0, 0.1) is 0 Å². The Balaban J connectivity index is 2.34. The number of nitrogens with zero attached hydrogens (tertiary/aromatic N) is 2. The van der Waals surface area contributed by atoms with Gasteiger partial charge in [0.25, 0.3) is 11.5 Å². The number of aromatic nitrogens is 2. The van der Waals surface area contributed by atoms with Gasteiger partial charge in [-0.2, -0.15) is 0 Å². The van der Waals surface area contributed by atoms with Gasteiger partial charge >= 0.3 is 5.97 Å². The zero-order chi connectivity index (χ0) is 22.1. The molecule has 0 aliphatic heterocycles. The van der Waals surface area contributed by atoms with Crippen molar-refractivity contribution in [1.82, 2.24) is 9.55 Å². The molecule has 2 aromatic rings. The van der Waals surface area contributed by atoms with Crippen molar-refractivity contribution in [3.63, 3.8) is 0 Å². The van der Waals surface area contributed by atoms with Crippen LogP contribution in [-0.2, 0) is 24.2 Å². The summed E-state index contributed by atoms with van der Waals surface area (Å²) in [5.74, 6) is -1.25. The molecule has 2 aromatic heterocycles. The smallest absolute Gasteiger partial charge is 0.328 e. The molecule has 0 aliphatic carbocycles. The average Bonchev–Trinajstić information content (AvgIpc) is 2.73. The highest BCUT2D eigenvalue weighted by atomic mass is 16.4. The minimum Gasteiger partial charge on any atom is -0.478 e. The van der Waals surface area contributed by atoms with Gasteiger partial charge in [0.05, 0.1) is 0 Å². The first-order valence-corrected chi connectivity index (χ1v) is 10.3. The molecule has 1 amide bonds. The van der Waals surface area contributed by atoms with Crippen LogP contribution in [0.4, 0.5) is 5.82 Å². The van der Waals surface area contributed by atoms with Crippen LogP contribution >= 0.6 is 0 Å². The fourth-order valence-corrected chi connectivity index (χ4v) is 3.24. The molecule has 0 saturated heterocycles. The summed E-state index contributed by atoms with van der Waals surface area (Å²) in [6.07, 6.45) is 8.18. The predicted octanol–water partition coefficient (Wildman–Crippen LogP) is 3.91. The molecule has 160 valence electrons. The zero-order valence-corrected chi connectivity index (χ0v) is 17.8. The van der Waals surface area contributed by atoms with E-state index in [9.17, 15) is 14.4 Å². The molecule has 0 saturated carbocycles. The fourth-order valence-electron chi connectivity index (χ4n) is 3.24. The number of hydrogen-bond donors (Lipinski definition) is 2. The summed E-state index contributed by atoms with van der Waals surface area (Å²) < 4.78 is 1.76. The van der Waals surface area contributed by atoms with E-state index >= 15 is 0 Å². The minimum atomic E-state index is -1.05. The Labute approximate surface area is 176 Å². The summed E-state index contributed by atoms with van der Waals surface area (Å²) in [6, 6.07) is 4.92. The number of aliphatic carboxylic acids is 1. The van der Waals surface area contributed by atoms with E-state index in [4.69, 9.17) is 5.11 Å². The number of nitrogens with one attached hydrogen (secondary N) is 1. The molecule has 0 aliphatic rings. The number of unbranched alkanes of at least 4 members (excludes halogenated alkanes) is 1. The number of amides is 1. The van der Waals surface area contributed by atoms with Gasteiger partial charge in [0.1, 0.15) is 11.4 Å². The summed E-state index contributed by atoms with van der Waals surface area (Å²) >= 11 is 0. The van der Waals surface area contributed by atoms with Crippen LogP contribution in [0.25, 0.3) is 6.08 Å². The van der Waals surface area contributed by atoms with Crippen molar-refractivity contribution in [1.29, 1.82) is 0 Å². The Morgan fingerprint density at radius 1 is 1.20 bits per heavy atom. The summed E-state index contributed by atoms with van der Waals surface area (Å²) in [4.78, 5) is 40.6. The molecule has 30 heavy (non-hydrogen) atoms. The van der Waals surface area contributed by atoms with Crippen LogP contribution in [0.3, 0.4) is 0 Å². The molecular weight excluding hydrogens is 382 g/mol. The molecule has 0 unspecified atom stereocenters. The molecule has 0 atom stereocenters. The zero-order valence-electron chi connectivity index (χ0n) is 17.8. The summed E-state index contributed by atoms with van der Waals surface area (Å²) in [6.45, 7) is 6.77. The maximum absolute atomic E-state index is 13.1. The van der Waals surface area contributed by atoms with Gasteiger partial charge < -0.3 is 15.0 Å². The first-order chi connectivity index (χ1) is 14.4. The number of carbonyl (C=O) groups excluding carboxylic acids is 1. The largest absolute Gasteiger partial charge is 0.478 e. The highest BCUT2D eigenvalue weighted by Crippen LogP contribution is 2.15. The normalized spacial score (nSPS) is 11.0.